The van der Waals surface area contributed by atoms with Gasteiger partial charge in [0.15, 0.2) is 0 Å². The summed E-state index contributed by atoms with van der Waals surface area (Å²) in [6, 6.07) is 0. The van der Waals surface area contributed by atoms with Crippen LogP contribution in [-0.4, -0.2) is 9.55 Å². The van der Waals surface area contributed by atoms with E-state index in [9.17, 15) is 9.59 Å². The maximum atomic E-state index is 11.2. The second-order valence-corrected chi connectivity index (χ2v) is 3.15. The molecular formula is C10H14N2O2. The summed E-state index contributed by atoms with van der Waals surface area (Å²) in [4.78, 5) is 24.5. The predicted molar refractivity (Wildman–Crippen MR) is 56.3 cm³/mol. The van der Waals surface area contributed by atoms with Crippen molar-refractivity contribution in [3.63, 3.8) is 0 Å². The molecule has 14 heavy (non-hydrogen) atoms. The second kappa shape index (κ2) is 4.60. The fraction of sp³-hybridized carbons (Fsp3) is 0.400. The molecule has 0 aliphatic carbocycles. The number of hydrogen-bond acceptors (Lipinski definition) is 2. The first-order valence-electron chi connectivity index (χ1n) is 4.64. The van der Waals surface area contributed by atoms with Crippen LogP contribution in [0.4, 0.5) is 0 Å². The highest BCUT2D eigenvalue weighted by atomic mass is 16.2. The fourth-order valence-electron chi connectivity index (χ4n) is 1.05. The van der Waals surface area contributed by atoms with Crippen molar-refractivity contribution in [2.75, 3.05) is 0 Å². The molecule has 4 heteroatoms. The van der Waals surface area contributed by atoms with Crippen LogP contribution in [0.5, 0.6) is 0 Å². The first-order chi connectivity index (χ1) is 6.65. The molecule has 0 saturated heterocycles. The Morgan fingerprint density at radius 1 is 1.50 bits per heavy atom. The van der Waals surface area contributed by atoms with Gasteiger partial charge in [0.05, 0.1) is 0 Å². The quantitative estimate of drug-likeness (QED) is 0.783. The summed E-state index contributed by atoms with van der Waals surface area (Å²) < 4.78 is 1.38. The van der Waals surface area contributed by atoms with Crippen molar-refractivity contribution in [3.05, 3.63) is 38.7 Å². The van der Waals surface area contributed by atoms with Gasteiger partial charge in [0, 0.05) is 18.0 Å². The number of aromatic nitrogens is 2. The number of aromatic amines is 1. The summed E-state index contributed by atoms with van der Waals surface area (Å²) in [5, 5.41) is 0. The molecule has 0 spiro atoms. The lowest BCUT2D eigenvalue weighted by atomic mass is 10.3. The number of aryl methyl sites for hydroxylation is 1. The van der Waals surface area contributed by atoms with Gasteiger partial charge in [-0.05, 0) is 13.3 Å². The molecular weight excluding hydrogens is 180 g/mol. The van der Waals surface area contributed by atoms with E-state index in [0.717, 1.165) is 12.8 Å². The molecule has 1 aromatic heterocycles. The van der Waals surface area contributed by atoms with Crippen LogP contribution in [-0.2, 0) is 0 Å². The van der Waals surface area contributed by atoms with E-state index in [1.807, 2.05) is 6.08 Å². The molecule has 0 aliphatic rings. The Bertz CT molecular complexity index is 440. The minimum atomic E-state index is -0.395. The molecule has 0 saturated carbocycles. The third kappa shape index (κ3) is 2.45. The van der Waals surface area contributed by atoms with Crippen molar-refractivity contribution in [3.8, 4) is 0 Å². The zero-order valence-electron chi connectivity index (χ0n) is 8.41. The van der Waals surface area contributed by atoms with Crippen molar-refractivity contribution >= 4 is 6.20 Å². The first-order valence-corrected chi connectivity index (χ1v) is 4.64. The van der Waals surface area contributed by atoms with Gasteiger partial charge >= 0.3 is 5.69 Å². The molecule has 1 heterocycles. The lowest BCUT2D eigenvalue weighted by Gasteiger charge is -1.98. The van der Waals surface area contributed by atoms with Crippen LogP contribution in [0.25, 0.3) is 6.20 Å². The lowest BCUT2D eigenvalue weighted by molar-refractivity contribution is 0.904. The third-order valence-corrected chi connectivity index (χ3v) is 1.87. The Morgan fingerprint density at radius 2 is 2.21 bits per heavy atom. The molecule has 1 rings (SSSR count). The van der Waals surface area contributed by atoms with Crippen molar-refractivity contribution < 1.29 is 0 Å². The predicted octanol–water partition coefficient (Wildman–Crippen LogP) is 1.12. The highest BCUT2D eigenvalue weighted by Crippen LogP contribution is 1.91. The molecule has 0 amide bonds. The number of unbranched alkanes of at least 4 members (excludes halogenated alkanes) is 1. The summed E-state index contributed by atoms with van der Waals surface area (Å²) in [5.74, 6) is 0. The summed E-state index contributed by atoms with van der Waals surface area (Å²) in [6.07, 6.45) is 7.07. The summed E-state index contributed by atoms with van der Waals surface area (Å²) in [5.41, 5.74) is -0.186. The summed E-state index contributed by atoms with van der Waals surface area (Å²) in [6.45, 7) is 3.73. The number of H-pyrrole nitrogens is 1. The SMILES string of the molecule is CCC/C=C/n1cc(C)c(=O)[nH]c1=O. The summed E-state index contributed by atoms with van der Waals surface area (Å²) >= 11 is 0. The molecule has 0 aromatic carbocycles. The van der Waals surface area contributed by atoms with Crippen LogP contribution in [0, 0.1) is 6.92 Å². The van der Waals surface area contributed by atoms with Crippen LogP contribution < -0.4 is 11.2 Å². The zero-order chi connectivity index (χ0) is 10.6. The fourth-order valence-corrected chi connectivity index (χ4v) is 1.05. The Hall–Kier alpha value is -1.58. The van der Waals surface area contributed by atoms with E-state index in [1.165, 1.54) is 10.8 Å². The average Bonchev–Trinajstić information content (AvgIpc) is 2.14. The third-order valence-electron chi connectivity index (χ3n) is 1.87. The maximum Gasteiger partial charge on any atom is 0.332 e. The first kappa shape index (κ1) is 10.5. The van der Waals surface area contributed by atoms with E-state index in [1.54, 1.807) is 13.1 Å². The lowest BCUT2D eigenvalue weighted by Crippen LogP contribution is -2.28. The van der Waals surface area contributed by atoms with Gasteiger partial charge < -0.3 is 0 Å². The molecule has 0 atom stereocenters. The monoisotopic (exact) mass is 194 g/mol. The van der Waals surface area contributed by atoms with Gasteiger partial charge in [0.25, 0.3) is 5.56 Å². The van der Waals surface area contributed by atoms with E-state index >= 15 is 0 Å². The van der Waals surface area contributed by atoms with Gasteiger partial charge in [-0.25, -0.2) is 4.79 Å². The van der Waals surface area contributed by atoms with Gasteiger partial charge in [-0.3, -0.25) is 14.3 Å². The molecule has 1 N–H and O–H groups in total. The van der Waals surface area contributed by atoms with Crippen molar-refractivity contribution in [2.45, 2.75) is 26.7 Å². The minimum absolute atomic E-state index is 0.324. The minimum Gasteiger partial charge on any atom is -0.276 e. The van der Waals surface area contributed by atoms with Crippen molar-refractivity contribution in [1.82, 2.24) is 9.55 Å². The van der Waals surface area contributed by atoms with E-state index in [-0.39, 0.29) is 5.56 Å². The molecule has 4 nitrogen and oxygen atoms in total. The van der Waals surface area contributed by atoms with Gasteiger partial charge in [-0.2, -0.15) is 0 Å². The second-order valence-electron chi connectivity index (χ2n) is 3.15. The maximum absolute atomic E-state index is 11.2. The van der Waals surface area contributed by atoms with Crippen LogP contribution in [0.2, 0.25) is 0 Å². The molecule has 0 fully saturated rings. The Balaban J connectivity index is 3.05. The molecule has 0 aliphatic heterocycles. The van der Waals surface area contributed by atoms with Crippen molar-refractivity contribution in [2.24, 2.45) is 0 Å². The van der Waals surface area contributed by atoms with Gasteiger partial charge in [-0.15, -0.1) is 0 Å². The van der Waals surface area contributed by atoms with Crippen LogP contribution in [0.15, 0.2) is 21.9 Å². The van der Waals surface area contributed by atoms with E-state index in [4.69, 9.17) is 0 Å². The van der Waals surface area contributed by atoms with Gasteiger partial charge in [0.2, 0.25) is 0 Å². The number of allylic oxidation sites excluding steroid dienone is 1. The summed E-state index contributed by atoms with van der Waals surface area (Å²) in [7, 11) is 0. The van der Waals surface area contributed by atoms with Gasteiger partial charge in [0.1, 0.15) is 0 Å². The van der Waals surface area contributed by atoms with Crippen molar-refractivity contribution in [1.29, 1.82) is 0 Å². The topological polar surface area (TPSA) is 54.9 Å². The largest absolute Gasteiger partial charge is 0.332 e. The van der Waals surface area contributed by atoms with Crippen LogP contribution in [0.3, 0.4) is 0 Å². The Kier molecular flexibility index (Phi) is 3.45. The normalized spacial score (nSPS) is 11.0. The smallest absolute Gasteiger partial charge is 0.276 e. The molecule has 0 radical (unpaired) electrons. The van der Waals surface area contributed by atoms with Crippen LogP contribution in [0.1, 0.15) is 25.3 Å². The average molecular weight is 194 g/mol. The van der Waals surface area contributed by atoms with E-state index < -0.39 is 5.69 Å². The highest BCUT2D eigenvalue weighted by molar-refractivity contribution is 5.22. The van der Waals surface area contributed by atoms with E-state index in [0.29, 0.717) is 5.56 Å². The standard InChI is InChI=1S/C10H14N2O2/c1-3-4-5-6-12-7-8(2)9(13)11-10(12)14/h5-7H,3-4H2,1-2H3,(H,11,13,14)/b6-5+. The molecule has 0 bridgehead atoms. The molecule has 76 valence electrons. The Morgan fingerprint density at radius 3 is 2.86 bits per heavy atom. The van der Waals surface area contributed by atoms with Gasteiger partial charge in [-0.1, -0.05) is 19.4 Å². The highest BCUT2D eigenvalue weighted by Gasteiger charge is 1.96. The van der Waals surface area contributed by atoms with E-state index in [2.05, 4.69) is 11.9 Å². The molecule has 0 unspecified atom stereocenters. The van der Waals surface area contributed by atoms with Crippen LogP contribution >= 0.6 is 0 Å². The number of rotatable bonds is 3. The molecule has 1 aromatic rings. The Labute approximate surface area is 81.9 Å². The number of nitrogens with one attached hydrogen (secondary N) is 1. The zero-order valence-corrected chi connectivity index (χ0v) is 8.41. The number of nitrogens with zero attached hydrogens (tertiary/aromatic N) is 1. The number of hydrogen-bond donors (Lipinski definition) is 1.